The molecule has 1 unspecified atom stereocenters. The predicted octanol–water partition coefficient (Wildman–Crippen LogP) is 6.87. The van der Waals surface area contributed by atoms with Crippen LogP contribution in [0.5, 0.6) is 0 Å². The highest BCUT2D eigenvalue weighted by atomic mass is 28.4. The quantitative estimate of drug-likeness (QED) is 0.267. The standard InChI is InChI=1S/C21H38OSi/c1-11-21(8,22-23(9,10)20(5,6)7)17-13-16-19(4)15-12-14-18(2)3/h1,14,16H,12-13,15,17H2,2-10H3/b19-16-. The Morgan fingerprint density at radius 2 is 1.61 bits per heavy atom. The van der Waals surface area contributed by atoms with E-state index in [1.807, 2.05) is 0 Å². The van der Waals surface area contributed by atoms with Gasteiger partial charge >= 0.3 is 0 Å². The SMILES string of the molecule is C#CC(C)(CC/C=C(/C)CCC=C(C)C)O[Si](C)(C)C(C)(C)C. The molecule has 0 bridgehead atoms. The van der Waals surface area contributed by atoms with Gasteiger partial charge in [-0.05, 0) is 71.5 Å². The fourth-order valence-corrected chi connectivity index (χ4v) is 3.75. The van der Waals surface area contributed by atoms with Gasteiger partial charge in [0.15, 0.2) is 8.32 Å². The zero-order chi connectivity index (χ0) is 18.3. The molecule has 0 aliphatic heterocycles. The lowest BCUT2D eigenvalue weighted by Crippen LogP contribution is -2.48. The lowest BCUT2D eigenvalue weighted by molar-refractivity contribution is 0.123. The maximum Gasteiger partial charge on any atom is 0.194 e. The van der Waals surface area contributed by atoms with Gasteiger partial charge in [0.1, 0.15) is 5.60 Å². The molecule has 0 amide bonds. The summed E-state index contributed by atoms with van der Waals surface area (Å²) >= 11 is 0. The van der Waals surface area contributed by atoms with Gasteiger partial charge in [-0.3, -0.25) is 0 Å². The highest BCUT2D eigenvalue weighted by molar-refractivity contribution is 6.74. The van der Waals surface area contributed by atoms with E-state index in [2.05, 4.69) is 79.6 Å². The number of rotatable bonds is 8. The molecule has 0 aromatic carbocycles. The van der Waals surface area contributed by atoms with Crippen LogP contribution in [0.1, 0.15) is 74.1 Å². The van der Waals surface area contributed by atoms with Gasteiger partial charge in [0.05, 0.1) is 0 Å². The first-order chi connectivity index (χ1) is 10.3. The van der Waals surface area contributed by atoms with E-state index in [1.54, 1.807) is 0 Å². The Kier molecular flexibility index (Phi) is 8.60. The van der Waals surface area contributed by atoms with Crippen molar-refractivity contribution in [3.63, 3.8) is 0 Å². The van der Waals surface area contributed by atoms with Gasteiger partial charge in [-0.25, -0.2) is 0 Å². The van der Waals surface area contributed by atoms with Crippen LogP contribution in [-0.4, -0.2) is 13.9 Å². The van der Waals surface area contributed by atoms with Crippen molar-refractivity contribution in [1.29, 1.82) is 0 Å². The fourth-order valence-electron chi connectivity index (χ4n) is 2.15. The van der Waals surface area contributed by atoms with Gasteiger partial charge in [-0.1, -0.05) is 50.0 Å². The summed E-state index contributed by atoms with van der Waals surface area (Å²) in [5.74, 6) is 2.91. The van der Waals surface area contributed by atoms with Crippen molar-refractivity contribution in [1.82, 2.24) is 0 Å². The topological polar surface area (TPSA) is 9.23 Å². The third kappa shape index (κ3) is 8.58. The molecule has 132 valence electrons. The minimum atomic E-state index is -1.84. The largest absolute Gasteiger partial charge is 0.401 e. The van der Waals surface area contributed by atoms with Crippen molar-refractivity contribution in [2.24, 2.45) is 0 Å². The van der Waals surface area contributed by atoms with Gasteiger partial charge in [0, 0.05) is 0 Å². The second-order valence-corrected chi connectivity index (χ2v) is 13.4. The third-order valence-electron chi connectivity index (χ3n) is 4.80. The van der Waals surface area contributed by atoms with E-state index in [-0.39, 0.29) is 5.04 Å². The molecule has 0 N–H and O–H groups in total. The summed E-state index contributed by atoms with van der Waals surface area (Å²) < 4.78 is 6.50. The van der Waals surface area contributed by atoms with Crippen LogP contribution < -0.4 is 0 Å². The number of hydrogen-bond acceptors (Lipinski definition) is 1. The van der Waals surface area contributed by atoms with Crippen molar-refractivity contribution in [2.45, 2.75) is 97.9 Å². The molecule has 0 saturated heterocycles. The van der Waals surface area contributed by atoms with Gasteiger partial charge < -0.3 is 4.43 Å². The summed E-state index contributed by atoms with van der Waals surface area (Å²) in [6.07, 6.45) is 14.5. The number of allylic oxidation sites excluding steroid dienone is 4. The Balaban J connectivity index is 4.66. The van der Waals surface area contributed by atoms with E-state index in [0.29, 0.717) is 0 Å². The zero-order valence-corrected chi connectivity index (χ0v) is 18.0. The lowest BCUT2D eigenvalue weighted by Gasteiger charge is -2.42. The van der Waals surface area contributed by atoms with E-state index < -0.39 is 13.9 Å². The van der Waals surface area contributed by atoms with Gasteiger partial charge in [0.25, 0.3) is 0 Å². The average molecular weight is 335 g/mol. The van der Waals surface area contributed by atoms with E-state index in [4.69, 9.17) is 10.8 Å². The molecule has 0 spiro atoms. The molecule has 0 aliphatic carbocycles. The van der Waals surface area contributed by atoms with E-state index in [0.717, 1.165) is 25.7 Å². The van der Waals surface area contributed by atoms with Gasteiger partial charge in [-0.2, -0.15) is 0 Å². The van der Waals surface area contributed by atoms with Gasteiger partial charge in [0.2, 0.25) is 0 Å². The minimum Gasteiger partial charge on any atom is -0.401 e. The van der Waals surface area contributed by atoms with Crippen molar-refractivity contribution < 1.29 is 4.43 Å². The third-order valence-corrected chi connectivity index (χ3v) is 9.37. The first-order valence-electron chi connectivity index (χ1n) is 8.80. The van der Waals surface area contributed by atoms with Crippen molar-refractivity contribution in [3.05, 3.63) is 23.3 Å². The molecule has 23 heavy (non-hydrogen) atoms. The molecular formula is C21H38OSi. The van der Waals surface area contributed by atoms with Crippen LogP contribution in [-0.2, 0) is 4.43 Å². The molecule has 1 atom stereocenters. The summed E-state index contributed by atoms with van der Waals surface area (Å²) in [6.45, 7) is 19.9. The monoisotopic (exact) mass is 334 g/mol. The molecular weight excluding hydrogens is 296 g/mol. The maximum atomic E-state index is 6.50. The summed E-state index contributed by atoms with van der Waals surface area (Å²) in [7, 11) is -1.84. The Morgan fingerprint density at radius 1 is 1.04 bits per heavy atom. The van der Waals surface area contributed by atoms with Crippen LogP contribution in [0.3, 0.4) is 0 Å². The van der Waals surface area contributed by atoms with Crippen LogP contribution in [0, 0.1) is 12.3 Å². The van der Waals surface area contributed by atoms with Crippen LogP contribution in [0.15, 0.2) is 23.3 Å². The molecule has 1 nitrogen and oxygen atoms in total. The van der Waals surface area contributed by atoms with Crippen molar-refractivity contribution in [2.75, 3.05) is 0 Å². The highest BCUT2D eigenvalue weighted by Crippen LogP contribution is 2.40. The Labute approximate surface area is 146 Å². The molecule has 0 aromatic rings. The highest BCUT2D eigenvalue weighted by Gasteiger charge is 2.42. The minimum absolute atomic E-state index is 0.182. The molecule has 0 aromatic heterocycles. The van der Waals surface area contributed by atoms with Crippen LogP contribution in [0.25, 0.3) is 0 Å². The summed E-state index contributed by atoms with van der Waals surface area (Å²) in [6, 6.07) is 0. The van der Waals surface area contributed by atoms with Crippen molar-refractivity contribution >= 4 is 8.32 Å². The summed E-state index contributed by atoms with van der Waals surface area (Å²) in [5.41, 5.74) is 2.37. The second-order valence-electron chi connectivity index (χ2n) is 8.65. The molecule has 0 rings (SSSR count). The molecule has 0 heterocycles. The second kappa shape index (κ2) is 8.90. The van der Waals surface area contributed by atoms with E-state index >= 15 is 0 Å². The first-order valence-corrected chi connectivity index (χ1v) is 11.7. The van der Waals surface area contributed by atoms with Gasteiger partial charge in [-0.15, -0.1) is 6.42 Å². The first kappa shape index (κ1) is 22.2. The average Bonchev–Trinajstić information content (AvgIpc) is 2.36. The fraction of sp³-hybridized carbons (Fsp3) is 0.714. The maximum absolute atomic E-state index is 6.50. The molecule has 0 saturated carbocycles. The van der Waals surface area contributed by atoms with E-state index in [1.165, 1.54) is 11.1 Å². The van der Waals surface area contributed by atoms with Crippen LogP contribution >= 0.6 is 0 Å². The Morgan fingerprint density at radius 3 is 2.04 bits per heavy atom. The van der Waals surface area contributed by atoms with Crippen LogP contribution in [0.4, 0.5) is 0 Å². The lowest BCUT2D eigenvalue weighted by atomic mass is 10.00. The van der Waals surface area contributed by atoms with Crippen molar-refractivity contribution in [3.8, 4) is 12.3 Å². The number of hydrogen-bond donors (Lipinski definition) is 0. The normalized spacial score (nSPS) is 15.7. The number of terminal acetylenes is 1. The molecule has 0 radical (unpaired) electrons. The Hall–Kier alpha value is -0.783. The molecule has 2 heteroatoms. The van der Waals surface area contributed by atoms with Crippen LogP contribution in [0.2, 0.25) is 18.1 Å². The predicted molar refractivity (Wildman–Crippen MR) is 107 cm³/mol. The zero-order valence-electron chi connectivity index (χ0n) is 17.0. The summed E-state index contributed by atoms with van der Waals surface area (Å²) in [4.78, 5) is 0. The van der Waals surface area contributed by atoms with E-state index in [9.17, 15) is 0 Å². The molecule has 0 fully saturated rings. The summed E-state index contributed by atoms with van der Waals surface area (Å²) in [5, 5.41) is 0.182. The Bertz CT molecular complexity index is 467. The smallest absolute Gasteiger partial charge is 0.194 e. The molecule has 0 aliphatic rings.